The predicted molar refractivity (Wildman–Crippen MR) is 80.1 cm³/mol. The maximum Gasteiger partial charge on any atom is 0.277 e. The van der Waals surface area contributed by atoms with Gasteiger partial charge in [0.2, 0.25) is 0 Å². The molecular weight excluding hydrogens is 268 g/mol. The molecule has 2 heterocycles. The minimum Gasteiger partial charge on any atom is -0.494 e. The number of nitrogens with one attached hydrogen (secondary N) is 1. The number of fused-ring (bicyclic) bond motifs is 1. The average molecular weight is 284 g/mol. The fourth-order valence-electron chi connectivity index (χ4n) is 2.40. The average Bonchev–Trinajstić information content (AvgIpc) is 2.75. The van der Waals surface area contributed by atoms with E-state index in [0.29, 0.717) is 29.4 Å². The van der Waals surface area contributed by atoms with Gasteiger partial charge in [-0.1, -0.05) is 6.07 Å². The van der Waals surface area contributed by atoms with E-state index < -0.39 is 0 Å². The van der Waals surface area contributed by atoms with Crippen LogP contribution in [0.4, 0.5) is 0 Å². The van der Waals surface area contributed by atoms with E-state index in [9.17, 15) is 4.79 Å². The van der Waals surface area contributed by atoms with Gasteiger partial charge in [0.05, 0.1) is 12.3 Å². The molecule has 21 heavy (non-hydrogen) atoms. The van der Waals surface area contributed by atoms with Crippen molar-refractivity contribution >= 4 is 11.2 Å². The molecular formula is C15H16N4O2. The van der Waals surface area contributed by atoms with Crippen LogP contribution in [0.5, 0.6) is 5.75 Å². The Morgan fingerprint density at radius 1 is 1.29 bits per heavy atom. The minimum absolute atomic E-state index is 0.195. The maximum absolute atomic E-state index is 12.2. The number of aryl methyl sites for hydroxylation is 2. The Kier molecular flexibility index (Phi) is 3.21. The first-order valence-corrected chi connectivity index (χ1v) is 6.79. The second-order valence-corrected chi connectivity index (χ2v) is 4.75. The summed E-state index contributed by atoms with van der Waals surface area (Å²) >= 11 is 0. The van der Waals surface area contributed by atoms with Crippen LogP contribution in [0.2, 0.25) is 0 Å². The summed E-state index contributed by atoms with van der Waals surface area (Å²) < 4.78 is 7.31. The number of benzene rings is 1. The van der Waals surface area contributed by atoms with Crippen molar-refractivity contribution in [2.24, 2.45) is 0 Å². The van der Waals surface area contributed by atoms with E-state index in [1.54, 1.807) is 11.5 Å². The monoisotopic (exact) mass is 284 g/mol. The molecule has 6 nitrogen and oxygen atoms in total. The van der Waals surface area contributed by atoms with E-state index in [0.717, 1.165) is 11.4 Å². The number of aromatic amines is 1. The third-order valence-corrected chi connectivity index (χ3v) is 3.20. The van der Waals surface area contributed by atoms with Crippen LogP contribution in [-0.4, -0.2) is 26.1 Å². The molecule has 2 aromatic heterocycles. The summed E-state index contributed by atoms with van der Waals surface area (Å²) in [5, 5.41) is 0. The minimum atomic E-state index is -0.195. The van der Waals surface area contributed by atoms with Gasteiger partial charge in [-0.15, -0.1) is 0 Å². The van der Waals surface area contributed by atoms with Crippen LogP contribution in [-0.2, 0) is 0 Å². The van der Waals surface area contributed by atoms with Crippen molar-refractivity contribution in [1.82, 2.24) is 19.5 Å². The molecule has 1 aromatic carbocycles. The van der Waals surface area contributed by atoms with Crippen molar-refractivity contribution in [1.29, 1.82) is 0 Å². The van der Waals surface area contributed by atoms with Crippen LogP contribution in [0, 0.1) is 13.8 Å². The van der Waals surface area contributed by atoms with Gasteiger partial charge >= 0.3 is 0 Å². The summed E-state index contributed by atoms with van der Waals surface area (Å²) in [5.74, 6) is 2.02. The molecule has 0 atom stereocenters. The van der Waals surface area contributed by atoms with Gasteiger partial charge in [0.25, 0.3) is 5.56 Å². The molecule has 0 amide bonds. The standard InChI is InChI=1S/C15H16N4O2/c1-4-21-12-7-5-6-11(8-12)19-10(3)18-14-13(19)15(20)17-9(2)16-14/h5-8H,4H2,1-3H3,(H,16,17,20). The van der Waals surface area contributed by atoms with E-state index in [4.69, 9.17) is 4.74 Å². The van der Waals surface area contributed by atoms with E-state index >= 15 is 0 Å². The highest BCUT2D eigenvalue weighted by atomic mass is 16.5. The van der Waals surface area contributed by atoms with Crippen LogP contribution in [0.25, 0.3) is 16.9 Å². The first-order chi connectivity index (χ1) is 10.1. The van der Waals surface area contributed by atoms with Crippen LogP contribution in [0.1, 0.15) is 18.6 Å². The number of hydrogen-bond donors (Lipinski definition) is 1. The summed E-state index contributed by atoms with van der Waals surface area (Å²) in [6, 6.07) is 7.57. The Morgan fingerprint density at radius 3 is 2.86 bits per heavy atom. The highest BCUT2D eigenvalue weighted by Crippen LogP contribution is 2.21. The van der Waals surface area contributed by atoms with E-state index in [1.165, 1.54) is 0 Å². The molecule has 0 aliphatic carbocycles. The molecule has 108 valence electrons. The number of aromatic nitrogens is 4. The normalized spacial score (nSPS) is 11.0. The lowest BCUT2D eigenvalue weighted by Gasteiger charge is -2.09. The molecule has 0 unspecified atom stereocenters. The zero-order valence-electron chi connectivity index (χ0n) is 12.2. The van der Waals surface area contributed by atoms with E-state index in [-0.39, 0.29) is 5.56 Å². The predicted octanol–water partition coefficient (Wildman–Crippen LogP) is 2.12. The van der Waals surface area contributed by atoms with Crippen molar-refractivity contribution in [3.63, 3.8) is 0 Å². The summed E-state index contributed by atoms with van der Waals surface area (Å²) in [7, 11) is 0. The number of ether oxygens (including phenoxy) is 1. The lowest BCUT2D eigenvalue weighted by molar-refractivity contribution is 0.340. The lowest BCUT2D eigenvalue weighted by Crippen LogP contribution is -2.13. The largest absolute Gasteiger partial charge is 0.494 e. The Bertz CT molecular complexity index is 864. The first-order valence-electron chi connectivity index (χ1n) is 6.79. The Balaban J connectivity index is 2.27. The molecule has 0 aliphatic heterocycles. The van der Waals surface area contributed by atoms with Crippen molar-refractivity contribution in [3.05, 3.63) is 46.3 Å². The van der Waals surface area contributed by atoms with Gasteiger partial charge in [-0.2, -0.15) is 0 Å². The highest BCUT2D eigenvalue weighted by Gasteiger charge is 2.14. The van der Waals surface area contributed by atoms with Gasteiger partial charge in [0, 0.05) is 6.07 Å². The quantitative estimate of drug-likeness (QED) is 0.799. The molecule has 0 saturated carbocycles. The SMILES string of the molecule is CCOc1cccc(-n2c(C)nc3nc(C)[nH]c(=O)c32)c1. The van der Waals surface area contributed by atoms with Crippen molar-refractivity contribution in [3.8, 4) is 11.4 Å². The zero-order valence-corrected chi connectivity index (χ0v) is 12.2. The van der Waals surface area contributed by atoms with Gasteiger partial charge in [-0.05, 0) is 32.9 Å². The second kappa shape index (κ2) is 5.05. The molecule has 0 bridgehead atoms. The van der Waals surface area contributed by atoms with Gasteiger partial charge in [0.1, 0.15) is 17.4 Å². The van der Waals surface area contributed by atoms with Crippen LogP contribution >= 0.6 is 0 Å². The van der Waals surface area contributed by atoms with Gasteiger partial charge < -0.3 is 9.72 Å². The molecule has 0 radical (unpaired) electrons. The highest BCUT2D eigenvalue weighted by molar-refractivity contribution is 5.73. The second-order valence-electron chi connectivity index (χ2n) is 4.75. The molecule has 0 aliphatic rings. The number of hydrogen-bond acceptors (Lipinski definition) is 4. The smallest absolute Gasteiger partial charge is 0.277 e. The molecule has 3 aromatic rings. The topological polar surface area (TPSA) is 72.8 Å². The summed E-state index contributed by atoms with van der Waals surface area (Å²) in [5.41, 5.74) is 1.54. The molecule has 1 N–H and O–H groups in total. The Morgan fingerprint density at radius 2 is 2.10 bits per heavy atom. The lowest BCUT2D eigenvalue weighted by atomic mass is 10.3. The van der Waals surface area contributed by atoms with Crippen molar-refractivity contribution in [2.75, 3.05) is 6.61 Å². The Hall–Kier alpha value is -2.63. The molecule has 6 heteroatoms. The van der Waals surface area contributed by atoms with Crippen LogP contribution < -0.4 is 10.3 Å². The fourth-order valence-corrected chi connectivity index (χ4v) is 2.40. The molecule has 0 saturated heterocycles. The summed E-state index contributed by atoms with van der Waals surface area (Å²) in [6.07, 6.45) is 0. The Labute approximate surface area is 121 Å². The van der Waals surface area contributed by atoms with Crippen LogP contribution in [0.15, 0.2) is 29.1 Å². The maximum atomic E-state index is 12.2. The zero-order chi connectivity index (χ0) is 15.0. The van der Waals surface area contributed by atoms with Gasteiger partial charge in [0.15, 0.2) is 11.2 Å². The van der Waals surface area contributed by atoms with E-state index in [1.807, 2.05) is 38.1 Å². The third-order valence-electron chi connectivity index (χ3n) is 3.20. The molecule has 3 rings (SSSR count). The van der Waals surface area contributed by atoms with Gasteiger partial charge in [-0.25, -0.2) is 9.97 Å². The van der Waals surface area contributed by atoms with Crippen LogP contribution in [0.3, 0.4) is 0 Å². The number of H-pyrrole nitrogens is 1. The fraction of sp³-hybridized carbons (Fsp3) is 0.267. The number of imidazole rings is 1. The van der Waals surface area contributed by atoms with E-state index in [2.05, 4.69) is 15.0 Å². The molecule has 0 fully saturated rings. The van der Waals surface area contributed by atoms with Gasteiger partial charge in [-0.3, -0.25) is 9.36 Å². The van der Waals surface area contributed by atoms with Crippen molar-refractivity contribution < 1.29 is 4.74 Å². The summed E-state index contributed by atoms with van der Waals surface area (Å²) in [4.78, 5) is 23.6. The summed E-state index contributed by atoms with van der Waals surface area (Å²) in [6.45, 7) is 6.12. The first kappa shape index (κ1) is 13.4. The third kappa shape index (κ3) is 2.29. The van der Waals surface area contributed by atoms with Crippen molar-refractivity contribution in [2.45, 2.75) is 20.8 Å². The molecule has 0 spiro atoms. The number of rotatable bonds is 3. The number of nitrogens with zero attached hydrogens (tertiary/aromatic N) is 3.